The van der Waals surface area contributed by atoms with Crippen molar-refractivity contribution in [2.75, 3.05) is 0 Å². The van der Waals surface area contributed by atoms with Crippen LogP contribution in [0.15, 0.2) is 18.3 Å². The molecule has 0 aliphatic heterocycles. The molecule has 98 valence electrons. The maximum atomic E-state index is 11.7. The lowest BCUT2D eigenvalue weighted by Crippen LogP contribution is -2.50. The Bertz CT molecular complexity index is 458. The zero-order chi connectivity index (χ0) is 13.8. The first-order valence-electron chi connectivity index (χ1n) is 5.62. The molecule has 6 nitrogen and oxygen atoms in total. The standard InChI is InChI=1S/C12H17N3O3/c1-3-12(2,13)11(18)15-7-9-6-8(10(16)17)4-5-14-9/h4-6H,3,7,13H2,1-2H3,(H,15,18)(H,16,17). The quantitative estimate of drug-likeness (QED) is 0.707. The molecule has 4 N–H and O–H groups in total. The van der Waals surface area contributed by atoms with E-state index in [4.69, 9.17) is 10.8 Å². The van der Waals surface area contributed by atoms with Gasteiger partial charge in [0.05, 0.1) is 23.3 Å². The Morgan fingerprint density at radius 2 is 2.22 bits per heavy atom. The molecule has 1 unspecified atom stereocenters. The molecule has 18 heavy (non-hydrogen) atoms. The van der Waals surface area contributed by atoms with E-state index in [0.29, 0.717) is 12.1 Å². The Balaban J connectivity index is 2.67. The molecule has 0 saturated heterocycles. The van der Waals surface area contributed by atoms with Crippen LogP contribution in [-0.2, 0) is 11.3 Å². The van der Waals surface area contributed by atoms with Crippen molar-refractivity contribution in [1.29, 1.82) is 0 Å². The van der Waals surface area contributed by atoms with Gasteiger partial charge in [-0.2, -0.15) is 0 Å². The monoisotopic (exact) mass is 251 g/mol. The Morgan fingerprint density at radius 1 is 1.56 bits per heavy atom. The third-order valence-corrected chi connectivity index (χ3v) is 2.75. The van der Waals surface area contributed by atoms with Crippen molar-refractivity contribution in [1.82, 2.24) is 10.3 Å². The molecule has 6 heteroatoms. The van der Waals surface area contributed by atoms with Gasteiger partial charge in [-0.1, -0.05) is 6.92 Å². The number of rotatable bonds is 5. The van der Waals surface area contributed by atoms with E-state index < -0.39 is 11.5 Å². The van der Waals surface area contributed by atoms with Crippen LogP contribution in [0.5, 0.6) is 0 Å². The number of amides is 1. The molecule has 0 spiro atoms. The van der Waals surface area contributed by atoms with Crippen LogP contribution in [0.3, 0.4) is 0 Å². The second-order valence-corrected chi connectivity index (χ2v) is 4.29. The van der Waals surface area contributed by atoms with Gasteiger partial charge in [0.15, 0.2) is 0 Å². The predicted molar refractivity (Wildman–Crippen MR) is 65.9 cm³/mol. The van der Waals surface area contributed by atoms with Crippen LogP contribution in [0.1, 0.15) is 36.3 Å². The van der Waals surface area contributed by atoms with Crippen molar-refractivity contribution in [2.45, 2.75) is 32.4 Å². The zero-order valence-electron chi connectivity index (χ0n) is 10.4. The highest BCUT2D eigenvalue weighted by Crippen LogP contribution is 2.06. The average molecular weight is 251 g/mol. The maximum absolute atomic E-state index is 11.7. The lowest BCUT2D eigenvalue weighted by molar-refractivity contribution is -0.126. The Morgan fingerprint density at radius 3 is 2.78 bits per heavy atom. The number of hydrogen-bond acceptors (Lipinski definition) is 4. The van der Waals surface area contributed by atoms with Crippen molar-refractivity contribution in [3.05, 3.63) is 29.6 Å². The zero-order valence-corrected chi connectivity index (χ0v) is 10.4. The summed E-state index contributed by atoms with van der Waals surface area (Å²) in [6.45, 7) is 3.62. The van der Waals surface area contributed by atoms with Crippen LogP contribution >= 0.6 is 0 Å². The first kappa shape index (κ1) is 14.1. The number of pyridine rings is 1. The molecule has 1 aromatic heterocycles. The largest absolute Gasteiger partial charge is 0.478 e. The van der Waals surface area contributed by atoms with Crippen LogP contribution in [0.25, 0.3) is 0 Å². The summed E-state index contributed by atoms with van der Waals surface area (Å²) in [7, 11) is 0. The van der Waals surface area contributed by atoms with E-state index >= 15 is 0 Å². The summed E-state index contributed by atoms with van der Waals surface area (Å²) in [5.41, 5.74) is 5.47. The average Bonchev–Trinajstić information content (AvgIpc) is 2.36. The number of hydrogen-bond donors (Lipinski definition) is 3. The fraction of sp³-hybridized carbons (Fsp3) is 0.417. The molecular weight excluding hydrogens is 234 g/mol. The van der Waals surface area contributed by atoms with Crippen LogP contribution in [0.2, 0.25) is 0 Å². The second-order valence-electron chi connectivity index (χ2n) is 4.29. The third kappa shape index (κ3) is 3.53. The van der Waals surface area contributed by atoms with Gasteiger partial charge in [-0.3, -0.25) is 9.78 Å². The van der Waals surface area contributed by atoms with E-state index in [-0.39, 0.29) is 18.0 Å². The number of carboxylic acids is 1. The number of aromatic nitrogens is 1. The summed E-state index contributed by atoms with van der Waals surface area (Å²) in [6, 6.07) is 2.81. The van der Waals surface area contributed by atoms with E-state index in [1.807, 2.05) is 6.92 Å². The Hall–Kier alpha value is -1.95. The molecule has 1 amide bonds. The van der Waals surface area contributed by atoms with Gasteiger partial charge in [0, 0.05) is 6.20 Å². The predicted octanol–water partition coefficient (Wildman–Crippen LogP) is 0.523. The Labute approximate surface area is 105 Å². The highest BCUT2D eigenvalue weighted by Gasteiger charge is 2.25. The molecule has 0 aliphatic carbocycles. The molecule has 0 bridgehead atoms. The van der Waals surface area contributed by atoms with E-state index in [0.717, 1.165) is 0 Å². The molecule has 0 radical (unpaired) electrons. The van der Waals surface area contributed by atoms with Gasteiger partial charge in [-0.15, -0.1) is 0 Å². The first-order chi connectivity index (χ1) is 8.36. The van der Waals surface area contributed by atoms with E-state index in [2.05, 4.69) is 10.3 Å². The molecular formula is C12H17N3O3. The summed E-state index contributed by atoms with van der Waals surface area (Å²) >= 11 is 0. The SMILES string of the molecule is CCC(C)(N)C(=O)NCc1cc(C(=O)O)ccn1. The summed E-state index contributed by atoms with van der Waals surface area (Å²) in [5, 5.41) is 11.5. The van der Waals surface area contributed by atoms with Crippen molar-refractivity contribution in [2.24, 2.45) is 5.73 Å². The summed E-state index contributed by atoms with van der Waals surface area (Å²) in [5.74, 6) is -1.31. The van der Waals surface area contributed by atoms with E-state index in [1.54, 1.807) is 6.92 Å². The van der Waals surface area contributed by atoms with Gasteiger partial charge in [0.1, 0.15) is 0 Å². The van der Waals surface area contributed by atoms with Gasteiger partial charge in [-0.25, -0.2) is 4.79 Å². The highest BCUT2D eigenvalue weighted by molar-refractivity contribution is 5.87. The summed E-state index contributed by atoms with van der Waals surface area (Å²) in [6.07, 6.45) is 1.91. The second kappa shape index (κ2) is 5.59. The Kier molecular flexibility index (Phi) is 4.38. The van der Waals surface area contributed by atoms with Crippen LogP contribution < -0.4 is 11.1 Å². The summed E-state index contributed by atoms with van der Waals surface area (Å²) < 4.78 is 0. The normalized spacial score (nSPS) is 13.7. The number of nitrogens with two attached hydrogens (primary N) is 1. The van der Waals surface area contributed by atoms with Gasteiger partial charge >= 0.3 is 5.97 Å². The lowest BCUT2D eigenvalue weighted by Gasteiger charge is -2.21. The molecule has 1 rings (SSSR count). The molecule has 0 aromatic carbocycles. The smallest absolute Gasteiger partial charge is 0.335 e. The molecule has 1 heterocycles. The topological polar surface area (TPSA) is 105 Å². The number of carbonyl (C=O) groups excluding carboxylic acids is 1. The van der Waals surface area contributed by atoms with Crippen molar-refractivity contribution in [3.63, 3.8) is 0 Å². The number of carbonyl (C=O) groups is 2. The molecule has 1 aromatic rings. The number of nitrogens with one attached hydrogen (secondary N) is 1. The fourth-order valence-electron chi connectivity index (χ4n) is 1.24. The van der Waals surface area contributed by atoms with Gasteiger partial charge in [0.2, 0.25) is 5.91 Å². The minimum atomic E-state index is -1.03. The minimum Gasteiger partial charge on any atom is -0.478 e. The maximum Gasteiger partial charge on any atom is 0.335 e. The van der Waals surface area contributed by atoms with Gasteiger partial charge in [-0.05, 0) is 25.5 Å². The van der Waals surface area contributed by atoms with Crippen molar-refractivity contribution >= 4 is 11.9 Å². The lowest BCUT2D eigenvalue weighted by atomic mass is 9.99. The van der Waals surface area contributed by atoms with Crippen LogP contribution in [0, 0.1) is 0 Å². The van der Waals surface area contributed by atoms with E-state index in [1.165, 1.54) is 18.3 Å². The number of carboxylic acid groups (broad SMARTS) is 1. The highest BCUT2D eigenvalue weighted by atomic mass is 16.4. The number of aromatic carboxylic acids is 1. The fourth-order valence-corrected chi connectivity index (χ4v) is 1.24. The number of nitrogens with zero attached hydrogens (tertiary/aromatic N) is 1. The molecule has 0 fully saturated rings. The minimum absolute atomic E-state index is 0.139. The third-order valence-electron chi connectivity index (χ3n) is 2.75. The first-order valence-corrected chi connectivity index (χ1v) is 5.62. The molecule has 1 atom stereocenters. The molecule has 0 aliphatic rings. The van der Waals surface area contributed by atoms with Gasteiger partial charge in [0.25, 0.3) is 0 Å². The van der Waals surface area contributed by atoms with E-state index in [9.17, 15) is 9.59 Å². The molecule has 0 saturated carbocycles. The summed E-state index contributed by atoms with van der Waals surface area (Å²) in [4.78, 5) is 26.5. The van der Waals surface area contributed by atoms with Crippen LogP contribution in [-0.4, -0.2) is 27.5 Å². The van der Waals surface area contributed by atoms with Crippen molar-refractivity contribution in [3.8, 4) is 0 Å². The van der Waals surface area contributed by atoms with Gasteiger partial charge < -0.3 is 16.2 Å². The van der Waals surface area contributed by atoms with Crippen LogP contribution in [0.4, 0.5) is 0 Å². The van der Waals surface area contributed by atoms with Crippen molar-refractivity contribution < 1.29 is 14.7 Å².